The highest BCUT2D eigenvalue weighted by Crippen LogP contribution is 2.41. The Hall–Kier alpha value is -2.16. The molecule has 0 spiro atoms. The van der Waals surface area contributed by atoms with E-state index in [1.165, 1.54) is 0 Å². The van der Waals surface area contributed by atoms with Crippen molar-refractivity contribution in [1.29, 1.82) is 0 Å². The van der Waals surface area contributed by atoms with Gasteiger partial charge in [0.1, 0.15) is 0 Å². The van der Waals surface area contributed by atoms with Crippen molar-refractivity contribution >= 4 is 5.97 Å². The van der Waals surface area contributed by atoms with Crippen LogP contribution in [0.3, 0.4) is 0 Å². The van der Waals surface area contributed by atoms with Gasteiger partial charge in [0, 0.05) is 17.7 Å². The Balaban J connectivity index is 2.02. The Morgan fingerprint density at radius 3 is 2.65 bits per heavy atom. The van der Waals surface area contributed by atoms with Gasteiger partial charge >= 0.3 is 5.97 Å². The van der Waals surface area contributed by atoms with Gasteiger partial charge in [0.05, 0.1) is 17.9 Å². The van der Waals surface area contributed by atoms with Gasteiger partial charge in [-0.25, -0.2) is 4.79 Å². The van der Waals surface area contributed by atoms with Crippen LogP contribution in [0.25, 0.3) is 11.1 Å². The van der Waals surface area contributed by atoms with Crippen LogP contribution in [-0.4, -0.2) is 17.6 Å². The first kappa shape index (κ1) is 12.9. The summed E-state index contributed by atoms with van der Waals surface area (Å²) in [5.74, 6) is 0.166. The molecule has 3 rings (SSSR count). The molecule has 0 aliphatic heterocycles. The number of nitrogens with zero attached hydrogens (tertiary/aromatic N) is 1. The summed E-state index contributed by atoms with van der Waals surface area (Å²) in [6, 6.07) is 11.9. The molecule has 0 saturated heterocycles. The van der Waals surface area contributed by atoms with Gasteiger partial charge in [0.15, 0.2) is 0 Å². The second-order valence-electron chi connectivity index (χ2n) is 5.02. The van der Waals surface area contributed by atoms with Gasteiger partial charge in [0.2, 0.25) is 0 Å². The number of carbonyl (C=O) groups excluding carboxylic acids is 1. The van der Waals surface area contributed by atoms with E-state index in [4.69, 9.17) is 4.74 Å². The number of ether oxygens (including phenoxy) is 1. The van der Waals surface area contributed by atoms with Gasteiger partial charge in [0.25, 0.3) is 0 Å². The third-order valence-corrected chi connectivity index (χ3v) is 3.49. The molecular formula is C17H17NO2. The van der Waals surface area contributed by atoms with Crippen LogP contribution in [0.4, 0.5) is 0 Å². The molecule has 1 aromatic heterocycles. The smallest absolute Gasteiger partial charge is 0.340 e. The monoisotopic (exact) mass is 267 g/mol. The highest BCUT2D eigenvalue weighted by molar-refractivity contribution is 5.92. The van der Waals surface area contributed by atoms with E-state index in [0.717, 1.165) is 29.7 Å². The number of benzene rings is 1. The van der Waals surface area contributed by atoms with Crippen molar-refractivity contribution in [3.8, 4) is 11.1 Å². The van der Waals surface area contributed by atoms with Crippen molar-refractivity contribution in [2.24, 2.45) is 0 Å². The zero-order valence-electron chi connectivity index (χ0n) is 11.5. The number of pyridine rings is 1. The fourth-order valence-electron chi connectivity index (χ4n) is 2.32. The number of esters is 1. The number of hydrogen-bond acceptors (Lipinski definition) is 3. The summed E-state index contributed by atoms with van der Waals surface area (Å²) >= 11 is 0. The van der Waals surface area contributed by atoms with E-state index in [2.05, 4.69) is 4.98 Å². The summed E-state index contributed by atoms with van der Waals surface area (Å²) in [6.07, 6.45) is 4.08. The molecule has 3 nitrogen and oxygen atoms in total. The Labute approximate surface area is 118 Å². The Morgan fingerprint density at radius 1 is 1.25 bits per heavy atom. The summed E-state index contributed by atoms with van der Waals surface area (Å²) < 4.78 is 5.16. The van der Waals surface area contributed by atoms with E-state index in [-0.39, 0.29) is 5.97 Å². The molecule has 0 atom stereocenters. The molecule has 3 heteroatoms. The van der Waals surface area contributed by atoms with Gasteiger partial charge in [-0.2, -0.15) is 0 Å². The standard InChI is InChI=1S/C17H17NO2/c1-2-20-17(19)15-10-14(12-6-4-3-5-7-12)11-18-16(15)13-8-9-13/h3-7,10-11,13H,2,8-9H2,1H3. The molecule has 1 aromatic carbocycles. The highest BCUT2D eigenvalue weighted by Gasteiger charge is 2.30. The average molecular weight is 267 g/mol. The maximum absolute atomic E-state index is 12.1. The van der Waals surface area contributed by atoms with E-state index in [1.54, 1.807) is 0 Å². The molecule has 20 heavy (non-hydrogen) atoms. The SMILES string of the molecule is CCOC(=O)c1cc(-c2ccccc2)cnc1C1CC1. The lowest BCUT2D eigenvalue weighted by Gasteiger charge is -2.10. The lowest BCUT2D eigenvalue weighted by atomic mass is 10.0. The van der Waals surface area contributed by atoms with E-state index in [9.17, 15) is 4.79 Å². The second kappa shape index (κ2) is 5.45. The van der Waals surface area contributed by atoms with E-state index in [1.807, 2.05) is 49.5 Å². The number of carbonyl (C=O) groups is 1. The summed E-state index contributed by atoms with van der Waals surface area (Å²) in [5.41, 5.74) is 3.53. The first-order chi connectivity index (χ1) is 9.79. The molecule has 0 bridgehead atoms. The lowest BCUT2D eigenvalue weighted by molar-refractivity contribution is 0.0524. The van der Waals surface area contributed by atoms with Crippen molar-refractivity contribution in [3.63, 3.8) is 0 Å². The molecule has 1 saturated carbocycles. The average Bonchev–Trinajstić information content (AvgIpc) is 3.32. The quantitative estimate of drug-likeness (QED) is 0.791. The van der Waals surface area contributed by atoms with Crippen LogP contribution >= 0.6 is 0 Å². The van der Waals surface area contributed by atoms with Gasteiger partial charge in [-0.3, -0.25) is 4.98 Å². The summed E-state index contributed by atoms with van der Waals surface area (Å²) in [4.78, 5) is 16.6. The Kier molecular flexibility index (Phi) is 3.50. The predicted molar refractivity (Wildman–Crippen MR) is 77.6 cm³/mol. The normalized spacial score (nSPS) is 14.1. The topological polar surface area (TPSA) is 39.2 Å². The molecule has 0 N–H and O–H groups in total. The molecule has 0 unspecified atom stereocenters. The first-order valence-corrected chi connectivity index (χ1v) is 7.02. The minimum absolute atomic E-state index is 0.264. The van der Waals surface area contributed by atoms with Crippen molar-refractivity contribution in [1.82, 2.24) is 4.98 Å². The van der Waals surface area contributed by atoms with Crippen LogP contribution in [-0.2, 0) is 4.74 Å². The molecule has 1 heterocycles. The van der Waals surface area contributed by atoms with E-state index in [0.29, 0.717) is 18.1 Å². The molecule has 0 amide bonds. The van der Waals surface area contributed by atoms with Crippen LogP contribution in [0.15, 0.2) is 42.6 Å². The molecule has 2 aromatic rings. The zero-order valence-corrected chi connectivity index (χ0v) is 11.5. The summed E-state index contributed by atoms with van der Waals surface area (Å²) in [5, 5.41) is 0. The predicted octanol–water partition coefficient (Wildman–Crippen LogP) is 3.80. The van der Waals surface area contributed by atoms with Crippen LogP contribution in [0, 0.1) is 0 Å². The van der Waals surface area contributed by atoms with Crippen LogP contribution in [0.2, 0.25) is 0 Å². The molecule has 1 aliphatic rings. The largest absolute Gasteiger partial charge is 0.462 e. The van der Waals surface area contributed by atoms with Crippen molar-refractivity contribution < 1.29 is 9.53 Å². The molecule has 0 radical (unpaired) electrons. The fraction of sp³-hybridized carbons (Fsp3) is 0.294. The zero-order chi connectivity index (χ0) is 13.9. The second-order valence-corrected chi connectivity index (χ2v) is 5.02. The molecular weight excluding hydrogens is 250 g/mol. The maximum atomic E-state index is 12.1. The van der Waals surface area contributed by atoms with Gasteiger partial charge in [-0.1, -0.05) is 30.3 Å². The van der Waals surface area contributed by atoms with Crippen LogP contribution < -0.4 is 0 Å². The molecule has 102 valence electrons. The van der Waals surface area contributed by atoms with Crippen molar-refractivity contribution in [3.05, 3.63) is 53.9 Å². The summed E-state index contributed by atoms with van der Waals surface area (Å²) in [7, 11) is 0. The lowest BCUT2D eigenvalue weighted by Crippen LogP contribution is -2.09. The fourth-order valence-corrected chi connectivity index (χ4v) is 2.32. The first-order valence-electron chi connectivity index (χ1n) is 7.02. The van der Waals surface area contributed by atoms with E-state index >= 15 is 0 Å². The van der Waals surface area contributed by atoms with E-state index < -0.39 is 0 Å². The Bertz CT molecular complexity index is 618. The third kappa shape index (κ3) is 2.57. The highest BCUT2D eigenvalue weighted by atomic mass is 16.5. The van der Waals surface area contributed by atoms with Crippen LogP contribution in [0.1, 0.15) is 41.7 Å². The van der Waals surface area contributed by atoms with Gasteiger partial charge in [-0.05, 0) is 31.4 Å². The summed E-state index contributed by atoms with van der Waals surface area (Å²) in [6.45, 7) is 2.21. The number of aromatic nitrogens is 1. The molecule has 1 fully saturated rings. The number of rotatable bonds is 4. The third-order valence-electron chi connectivity index (χ3n) is 3.49. The minimum atomic E-state index is -0.264. The number of hydrogen-bond donors (Lipinski definition) is 0. The van der Waals surface area contributed by atoms with Crippen molar-refractivity contribution in [2.75, 3.05) is 6.61 Å². The maximum Gasteiger partial charge on any atom is 0.340 e. The molecule has 1 aliphatic carbocycles. The van der Waals surface area contributed by atoms with Crippen LogP contribution in [0.5, 0.6) is 0 Å². The van der Waals surface area contributed by atoms with Gasteiger partial charge < -0.3 is 4.74 Å². The Morgan fingerprint density at radius 2 is 2.00 bits per heavy atom. The van der Waals surface area contributed by atoms with Gasteiger partial charge in [-0.15, -0.1) is 0 Å². The minimum Gasteiger partial charge on any atom is -0.462 e. The van der Waals surface area contributed by atoms with Crippen molar-refractivity contribution in [2.45, 2.75) is 25.7 Å².